The lowest BCUT2D eigenvalue weighted by Crippen LogP contribution is -2.28. The van der Waals surface area contributed by atoms with Crippen LogP contribution in [0.25, 0.3) is 55.5 Å². The van der Waals surface area contributed by atoms with Crippen molar-refractivity contribution in [2.45, 2.75) is 0 Å². The second-order valence-electron chi connectivity index (χ2n) is 13.8. The minimum atomic E-state index is -3.19. The number of nitrogens with zero attached hydrogens (tertiary/aromatic N) is 3. The van der Waals surface area contributed by atoms with Gasteiger partial charge in [-0.25, -0.2) is 0 Å². The van der Waals surface area contributed by atoms with Gasteiger partial charge in [-0.2, -0.15) is 0 Å². The fourth-order valence-corrected chi connectivity index (χ4v) is 14.3. The first-order chi connectivity index (χ1) is 27.6. The normalized spacial score (nSPS) is 15.5. The summed E-state index contributed by atoms with van der Waals surface area (Å²) < 4.78 is 29.9. The van der Waals surface area contributed by atoms with Gasteiger partial charge in [-0.1, -0.05) is 164 Å². The van der Waals surface area contributed by atoms with Crippen molar-refractivity contribution in [2.75, 3.05) is 0 Å². The van der Waals surface area contributed by atoms with Gasteiger partial charge >= 0.3 is 0 Å². The molecule has 1 atom stereocenters. The van der Waals surface area contributed by atoms with Gasteiger partial charge < -0.3 is 9.13 Å². The van der Waals surface area contributed by atoms with Crippen LogP contribution >= 0.6 is 14.3 Å². The van der Waals surface area contributed by atoms with E-state index in [1.54, 1.807) is 18.6 Å². The maximum absolute atomic E-state index is 15.1. The minimum absolute atomic E-state index is 0.627. The van der Waals surface area contributed by atoms with Gasteiger partial charge in [0.15, 0.2) is 14.3 Å². The van der Waals surface area contributed by atoms with E-state index in [0.29, 0.717) is 5.44 Å². The second-order valence-corrected chi connectivity index (χ2v) is 19.1. The van der Waals surface area contributed by atoms with E-state index in [2.05, 4.69) is 69.5 Å². The second kappa shape index (κ2) is 13.7. The Kier molecular flexibility index (Phi) is 8.29. The highest BCUT2D eigenvalue weighted by atomic mass is 31.2. The average molecular weight is 758 g/mol. The van der Waals surface area contributed by atoms with E-state index in [4.69, 9.17) is 0 Å². The number of rotatable bonds is 2. The molecule has 7 aromatic carbocycles. The molecule has 2 aliphatic rings. The van der Waals surface area contributed by atoms with Crippen LogP contribution in [0.15, 0.2) is 201 Å². The predicted octanol–water partition coefficient (Wildman–Crippen LogP) is 9.29. The summed E-state index contributed by atoms with van der Waals surface area (Å²) in [5, 5.41) is 6.43. The largest absolute Gasteiger partial charge is 0.309 e. The average Bonchev–Trinajstić information content (AvgIpc) is 3.44. The van der Waals surface area contributed by atoms with Crippen molar-refractivity contribution < 1.29 is 9.13 Å². The lowest BCUT2D eigenvalue weighted by Gasteiger charge is -2.21. The van der Waals surface area contributed by atoms with Crippen LogP contribution in [0.2, 0.25) is 0 Å². The molecule has 11 rings (SSSR count). The van der Waals surface area contributed by atoms with E-state index >= 15 is 4.57 Å². The molecule has 5 nitrogen and oxygen atoms in total. The Balaban J connectivity index is 0.000000139. The fourth-order valence-electron chi connectivity index (χ4n) is 8.31. The van der Waals surface area contributed by atoms with Crippen molar-refractivity contribution >= 4 is 57.0 Å². The van der Waals surface area contributed by atoms with Crippen LogP contribution in [0.3, 0.4) is 0 Å². The molecule has 56 heavy (non-hydrogen) atoms. The number of hydrogen-bond donors (Lipinski definition) is 0. The molecule has 0 aliphatic carbocycles. The first-order valence-corrected chi connectivity index (χ1v) is 21.9. The van der Waals surface area contributed by atoms with E-state index in [1.165, 1.54) is 0 Å². The van der Waals surface area contributed by atoms with Crippen LogP contribution in [0.5, 0.6) is 0 Å². The van der Waals surface area contributed by atoms with Crippen molar-refractivity contribution in [1.82, 2.24) is 15.0 Å². The van der Waals surface area contributed by atoms with E-state index in [-0.39, 0.29) is 0 Å². The Bertz CT molecular complexity index is 2990. The number of benzene rings is 7. The third-order valence-electron chi connectivity index (χ3n) is 10.8. The summed E-state index contributed by atoms with van der Waals surface area (Å²) in [5.74, 6) is 0. The molecule has 9 aromatic rings. The van der Waals surface area contributed by atoms with Crippen molar-refractivity contribution in [2.24, 2.45) is 0 Å². The smallest absolute Gasteiger partial charge is 0.189 e. The SMILES string of the molecule is O=P1(c2ccccc2)c2ccccc2-c2nccnc2-c2ccccc21.O=P1(c2ccccn2)c2ccccc2-c2ccccc2-c2c1ccc1ccccc21. The van der Waals surface area contributed by atoms with E-state index in [1.807, 2.05) is 127 Å². The van der Waals surface area contributed by atoms with Crippen molar-refractivity contribution in [1.29, 1.82) is 0 Å². The highest BCUT2D eigenvalue weighted by Gasteiger charge is 2.40. The van der Waals surface area contributed by atoms with Gasteiger partial charge in [-0.05, 0) is 45.7 Å². The van der Waals surface area contributed by atoms with Crippen LogP contribution in [-0.2, 0) is 9.13 Å². The van der Waals surface area contributed by atoms with Gasteiger partial charge in [-0.3, -0.25) is 15.0 Å². The summed E-state index contributed by atoms with van der Waals surface area (Å²) in [6, 6.07) is 60.1. The molecule has 0 spiro atoms. The van der Waals surface area contributed by atoms with Gasteiger partial charge in [-0.15, -0.1) is 0 Å². The van der Waals surface area contributed by atoms with Gasteiger partial charge in [0.2, 0.25) is 0 Å². The highest BCUT2D eigenvalue weighted by Crippen LogP contribution is 2.53. The topological polar surface area (TPSA) is 72.8 Å². The van der Waals surface area contributed by atoms with Crippen LogP contribution in [0, 0.1) is 0 Å². The molecule has 0 N–H and O–H groups in total. The Morgan fingerprint density at radius 3 is 1.50 bits per heavy atom. The molecule has 0 radical (unpaired) electrons. The third-order valence-corrected chi connectivity index (χ3v) is 17.0. The summed E-state index contributed by atoms with van der Waals surface area (Å²) in [7, 11) is -6.24. The monoisotopic (exact) mass is 757 g/mol. The number of pyridine rings is 1. The molecule has 2 aliphatic heterocycles. The number of hydrogen-bond acceptors (Lipinski definition) is 5. The molecular weight excluding hydrogens is 725 g/mol. The molecule has 266 valence electrons. The maximum atomic E-state index is 15.1. The zero-order valence-electron chi connectivity index (χ0n) is 30.1. The van der Waals surface area contributed by atoms with Crippen LogP contribution in [0.1, 0.15) is 0 Å². The summed E-state index contributed by atoms with van der Waals surface area (Å²) in [5.41, 5.74) is 8.26. The molecule has 0 amide bonds. The van der Waals surface area contributed by atoms with Crippen molar-refractivity contribution in [3.8, 4) is 44.8 Å². The fraction of sp³-hybridized carbons (Fsp3) is 0. The van der Waals surface area contributed by atoms with E-state index < -0.39 is 14.3 Å². The van der Waals surface area contributed by atoms with Crippen LogP contribution in [0.4, 0.5) is 0 Å². The Morgan fingerprint density at radius 2 is 0.857 bits per heavy atom. The van der Waals surface area contributed by atoms with Crippen LogP contribution in [-0.4, -0.2) is 15.0 Å². The summed E-state index contributed by atoms with van der Waals surface area (Å²) in [6.45, 7) is 0. The molecular formula is C49H33N3O2P2. The molecule has 4 heterocycles. The Hall–Kier alpha value is -6.51. The minimum Gasteiger partial charge on any atom is -0.309 e. The first kappa shape index (κ1) is 34.0. The molecule has 0 saturated carbocycles. The van der Waals surface area contributed by atoms with E-state index in [0.717, 1.165) is 82.1 Å². The highest BCUT2D eigenvalue weighted by molar-refractivity contribution is 7.86. The van der Waals surface area contributed by atoms with E-state index in [9.17, 15) is 4.57 Å². The maximum Gasteiger partial charge on any atom is 0.189 e. The summed E-state index contributed by atoms with van der Waals surface area (Å²) in [6.07, 6.45) is 5.12. The van der Waals surface area contributed by atoms with Gasteiger partial charge in [0.25, 0.3) is 0 Å². The number of fused-ring (bicyclic) bond motifs is 12. The third kappa shape index (κ3) is 5.20. The van der Waals surface area contributed by atoms with Crippen molar-refractivity contribution in [3.63, 3.8) is 0 Å². The molecule has 1 unspecified atom stereocenters. The Morgan fingerprint density at radius 1 is 0.339 bits per heavy atom. The van der Waals surface area contributed by atoms with Gasteiger partial charge in [0.05, 0.1) is 11.4 Å². The summed E-state index contributed by atoms with van der Waals surface area (Å²) >= 11 is 0. The predicted molar refractivity (Wildman–Crippen MR) is 231 cm³/mol. The van der Waals surface area contributed by atoms with Gasteiger partial charge in [0, 0.05) is 61.8 Å². The van der Waals surface area contributed by atoms with Gasteiger partial charge in [0.1, 0.15) is 5.44 Å². The van der Waals surface area contributed by atoms with Crippen molar-refractivity contribution in [3.05, 3.63) is 201 Å². The zero-order chi connectivity index (χ0) is 37.7. The standard InChI is InChI=1S/C27H18NOP.C22H15N2OP/c29-30(26-15-7-8-18-28-26)24-14-6-5-12-22(24)21-11-3-4-13-23(21)27-20-10-2-1-9-19(20)16-17-25(27)30;25-26(16-8-2-1-3-9-16)19-12-6-4-10-17(19)21-22(24-15-14-23-21)18-11-5-7-13-20(18)26/h1-18H;1-15H. The zero-order valence-corrected chi connectivity index (χ0v) is 31.9. The molecule has 0 saturated heterocycles. The summed E-state index contributed by atoms with van der Waals surface area (Å²) in [4.78, 5) is 13.8. The van der Waals surface area contributed by atoms with Crippen LogP contribution < -0.4 is 32.0 Å². The molecule has 2 aromatic heterocycles. The lowest BCUT2D eigenvalue weighted by molar-refractivity contribution is 0.591. The lowest BCUT2D eigenvalue weighted by atomic mass is 9.91. The molecule has 0 bridgehead atoms. The molecule has 0 fully saturated rings. The first-order valence-electron chi connectivity index (χ1n) is 18.5. The number of aromatic nitrogens is 3. The quantitative estimate of drug-likeness (QED) is 0.165. The molecule has 7 heteroatoms. The Labute approximate surface area is 325 Å².